The Kier molecular flexibility index (Phi) is 16.0. The third-order valence-corrected chi connectivity index (χ3v) is 5.27. The summed E-state index contributed by atoms with van der Waals surface area (Å²) in [5.41, 5.74) is 10.3. The second-order valence-corrected chi connectivity index (χ2v) is 10.1. The van der Waals surface area contributed by atoms with Crippen molar-refractivity contribution < 1.29 is 33.6 Å². The van der Waals surface area contributed by atoms with Crippen molar-refractivity contribution in [2.75, 3.05) is 33.2 Å². The molecule has 7 amide bonds. The summed E-state index contributed by atoms with van der Waals surface area (Å²) in [7, 11) is 1.35. The highest BCUT2D eigenvalue weighted by atomic mass is 16.2. The summed E-state index contributed by atoms with van der Waals surface area (Å²) < 4.78 is 0. The number of hydrogen-bond acceptors (Lipinski definition) is 8. The zero-order valence-electron chi connectivity index (χ0n) is 23.6. The molecule has 3 atom stereocenters. The number of amides is 7. The van der Waals surface area contributed by atoms with Crippen molar-refractivity contribution in [3.05, 3.63) is 0 Å². The lowest BCUT2D eigenvalue weighted by atomic mass is 10.0. The molecule has 222 valence electrons. The van der Waals surface area contributed by atoms with Crippen molar-refractivity contribution in [2.24, 2.45) is 23.3 Å². The van der Waals surface area contributed by atoms with Gasteiger partial charge in [0.25, 0.3) is 0 Å². The molecule has 0 fully saturated rings. The van der Waals surface area contributed by atoms with Gasteiger partial charge in [0.05, 0.1) is 26.2 Å². The molecule has 0 aromatic rings. The fourth-order valence-electron chi connectivity index (χ4n) is 3.47. The zero-order chi connectivity index (χ0) is 30.3. The summed E-state index contributed by atoms with van der Waals surface area (Å²) in [5, 5.41) is 12.3. The van der Waals surface area contributed by atoms with Gasteiger partial charge in [0, 0.05) is 7.05 Å². The summed E-state index contributed by atoms with van der Waals surface area (Å²) in [5.74, 6) is -4.11. The number of nitrogens with one attached hydrogen (secondary N) is 5. The molecule has 3 unspecified atom stereocenters. The van der Waals surface area contributed by atoms with Crippen molar-refractivity contribution in [1.82, 2.24) is 31.5 Å². The predicted octanol–water partition coefficient (Wildman–Crippen LogP) is -3.31. The maximum absolute atomic E-state index is 12.7. The third kappa shape index (κ3) is 15.3. The first kappa shape index (κ1) is 35.2. The second-order valence-electron chi connectivity index (χ2n) is 10.1. The fourth-order valence-corrected chi connectivity index (χ4v) is 3.47. The number of hydrogen-bond donors (Lipinski definition) is 7. The first-order valence-electron chi connectivity index (χ1n) is 12.7. The highest BCUT2D eigenvalue weighted by Gasteiger charge is 2.26. The fraction of sp³-hybridized carbons (Fsp3) is 0.708. The van der Waals surface area contributed by atoms with Gasteiger partial charge >= 0.3 is 0 Å². The molecule has 0 aromatic heterocycles. The highest BCUT2D eigenvalue weighted by molar-refractivity contribution is 5.94. The van der Waals surface area contributed by atoms with E-state index in [0.29, 0.717) is 12.8 Å². The van der Waals surface area contributed by atoms with E-state index in [0.717, 1.165) is 4.90 Å². The molecule has 0 heterocycles. The molecule has 0 rings (SSSR count). The lowest BCUT2D eigenvalue weighted by molar-refractivity contribution is -0.138. The Bertz CT molecular complexity index is 894. The minimum Gasteiger partial charge on any atom is -0.368 e. The van der Waals surface area contributed by atoms with E-state index in [1.807, 2.05) is 27.7 Å². The maximum Gasteiger partial charge on any atom is 0.245 e. The molecule has 0 spiro atoms. The van der Waals surface area contributed by atoms with Crippen LogP contribution in [0.25, 0.3) is 0 Å². The van der Waals surface area contributed by atoms with E-state index >= 15 is 0 Å². The highest BCUT2D eigenvalue weighted by Crippen LogP contribution is 2.06. The molecule has 39 heavy (non-hydrogen) atoms. The van der Waals surface area contributed by atoms with Gasteiger partial charge in [-0.25, -0.2) is 0 Å². The van der Waals surface area contributed by atoms with Crippen molar-refractivity contribution in [3.63, 3.8) is 0 Å². The summed E-state index contributed by atoms with van der Waals surface area (Å²) in [6.45, 7) is 7.36. The topological polar surface area (TPSA) is 235 Å². The number of carbonyl (C=O) groups is 7. The van der Waals surface area contributed by atoms with Crippen molar-refractivity contribution >= 4 is 41.4 Å². The van der Waals surface area contributed by atoms with Gasteiger partial charge in [-0.2, -0.15) is 0 Å². The number of nitrogens with two attached hydrogens (primary N) is 2. The lowest BCUT2D eigenvalue weighted by Gasteiger charge is -2.24. The van der Waals surface area contributed by atoms with E-state index < -0.39 is 72.6 Å². The Morgan fingerprint density at radius 2 is 1.15 bits per heavy atom. The molecule has 0 aliphatic heterocycles. The van der Waals surface area contributed by atoms with Crippen LogP contribution >= 0.6 is 0 Å². The first-order valence-corrected chi connectivity index (χ1v) is 12.7. The maximum atomic E-state index is 12.7. The Labute approximate surface area is 228 Å². The third-order valence-electron chi connectivity index (χ3n) is 5.27. The van der Waals surface area contributed by atoms with Gasteiger partial charge in [0.15, 0.2) is 0 Å². The van der Waals surface area contributed by atoms with Gasteiger partial charge < -0.3 is 43.0 Å². The van der Waals surface area contributed by atoms with Crippen molar-refractivity contribution in [2.45, 2.75) is 65.6 Å². The van der Waals surface area contributed by atoms with Gasteiger partial charge in [0.1, 0.15) is 18.1 Å². The predicted molar refractivity (Wildman–Crippen MR) is 142 cm³/mol. The molecule has 0 aliphatic rings. The summed E-state index contributed by atoms with van der Waals surface area (Å²) >= 11 is 0. The van der Waals surface area contributed by atoms with E-state index in [1.54, 1.807) is 0 Å². The van der Waals surface area contributed by atoms with E-state index in [-0.39, 0.29) is 24.9 Å². The number of nitrogens with zero attached hydrogens (tertiary/aromatic N) is 1. The van der Waals surface area contributed by atoms with Gasteiger partial charge in [-0.3, -0.25) is 33.6 Å². The van der Waals surface area contributed by atoms with Gasteiger partial charge in [0.2, 0.25) is 41.4 Å². The Morgan fingerprint density at radius 3 is 1.59 bits per heavy atom. The van der Waals surface area contributed by atoms with Crippen LogP contribution in [0.15, 0.2) is 0 Å². The quantitative estimate of drug-likeness (QED) is 0.0955. The molecular formula is C24H44N8O7. The summed E-state index contributed by atoms with van der Waals surface area (Å²) in [6.07, 6.45) is 0.631. The van der Waals surface area contributed by atoms with Crippen LogP contribution in [-0.2, 0) is 33.6 Å². The number of rotatable bonds is 17. The SMILES string of the molecule is CC(C)CC(NC(=O)CN)C(=O)NCC(=O)NC(C)C(=O)N(C)CC(=O)NC(CC(C)C)C(=O)NCC(N)=O. The number of primary amides is 1. The molecule has 0 radical (unpaired) electrons. The minimum atomic E-state index is -1.03. The van der Waals surface area contributed by atoms with Crippen LogP contribution in [0.5, 0.6) is 0 Å². The number of likely N-dealkylation sites (N-methyl/N-ethyl adjacent to an activating group) is 1. The largest absolute Gasteiger partial charge is 0.368 e. The van der Waals surface area contributed by atoms with Crippen molar-refractivity contribution in [3.8, 4) is 0 Å². The molecule has 15 nitrogen and oxygen atoms in total. The second kappa shape index (κ2) is 17.7. The zero-order valence-corrected chi connectivity index (χ0v) is 23.6. The molecule has 0 saturated heterocycles. The van der Waals surface area contributed by atoms with Crippen LogP contribution < -0.4 is 38.1 Å². The monoisotopic (exact) mass is 556 g/mol. The average molecular weight is 557 g/mol. The first-order chi connectivity index (χ1) is 18.1. The Hall–Kier alpha value is -3.75. The molecule has 0 aliphatic carbocycles. The molecule has 0 bridgehead atoms. The summed E-state index contributed by atoms with van der Waals surface area (Å²) in [6, 6.07) is -2.83. The van der Waals surface area contributed by atoms with Crippen LogP contribution in [0.3, 0.4) is 0 Å². The normalized spacial score (nSPS) is 13.1. The smallest absolute Gasteiger partial charge is 0.245 e. The molecule has 9 N–H and O–H groups in total. The lowest BCUT2D eigenvalue weighted by Crippen LogP contribution is -2.54. The van der Waals surface area contributed by atoms with Gasteiger partial charge in [-0.05, 0) is 31.6 Å². The molecule has 0 aromatic carbocycles. The molecule has 15 heteroatoms. The van der Waals surface area contributed by atoms with Crippen LogP contribution in [-0.4, -0.2) is 97.6 Å². The summed E-state index contributed by atoms with van der Waals surface area (Å²) in [4.78, 5) is 85.8. The van der Waals surface area contributed by atoms with E-state index in [2.05, 4.69) is 26.6 Å². The molecular weight excluding hydrogens is 512 g/mol. The van der Waals surface area contributed by atoms with Crippen LogP contribution in [0.1, 0.15) is 47.5 Å². The minimum absolute atomic E-state index is 0.0438. The van der Waals surface area contributed by atoms with E-state index in [9.17, 15) is 33.6 Å². The number of carbonyl (C=O) groups excluding carboxylic acids is 7. The van der Waals surface area contributed by atoms with Crippen molar-refractivity contribution in [1.29, 1.82) is 0 Å². The standard InChI is InChI=1S/C24H44N8O7/c1-13(2)7-16(30-19(34)9-25)23(38)28-11-20(35)29-15(5)24(39)32(6)12-21(36)31-17(8-14(3)4)22(37)27-10-18(26)33/h13-17H,7-12,25H2,1-6H3,(H2,26,33)(H,27,37)(H,28,38)(H,29,35)(H,30,34)(H,31,36). The average Bonchev–Trinajstić information content (AvgIpc) is 2.83. The molecule has 0 saturated carbocycles. The van der Waals surface area contributed by atoms with E-state index in [1.165, 1.54) is 14.0 Å². The van der Waals surface area contributed by atoms with Gasteiger partial charge in [-0.15, -0.1) is 0 Å². The van der Waals surface area contributed by atoms with Crippen LogP contribution in [0.2, 0.25) is 0 Å². The van der Waals surface area contributed by atoms with Crippen LogP contribution in [0.4, 0.5) is 0 Å². The Balaban J connectivity index is 4.89. The Morgan fingerprint density at radius 1 is 0.692 bits per heavy atom. The van der Waals surface area contributed by atoms with Crippen LogP contribution in [0, 0.1) is 11.8 Å². The van der Waals surface area contributed by atoms with Gasteiger partial charge in [-0.1, -0.05) is 27.7 Å². The van der Waals surface area contributed by atoms with E-state index in [4.69, 9.17) is 11.5 Å².